The molecule has 0 aliphatic carbocycles. The summed E-state index contributed by atoms with van der Waals surface area (Å²) in [7, 11) is 4.05. The SMILES string of the molecule is CC[C@H]1OC(=O)[C@H](C)[C@H]2OC3(CCN(c4ccc(C(=O)OCc5ccccc5)c(C(F)(F)F)c4)CC3)O[C@](C)(C[C@@H](C)CN[C@H](C)[C@@H](O)[C@]1(C)O)[C@H](O[C@H]1[C@H](C)O[C@H](C)C[C@@H]1N(C)C)[C@H]2C. The molecular weight excluding hydrogens is 860 g/mol. The van der Waals surface area contributed by atoms with Gasteiger partial charge in [-0.3, -0.25) is 4.79 Å². The van der Waals surface area contributed by atoms with Crippen LogP contribution in [0, 0.1) is 17.8 Å². The van der Waals surface area contributed by atoms with E-state index in [9.17, 15) is 33.0 Å². The molecule has 13 nitrogen and oxygen atoms in total. The van der Waals surface area contributed by atoms with E-state index in [1.54, 1.807) is 51.1 Å². The number of ether oxygens (including phenoxy) is 6. The van der Waals surface area contributed by atoms with Gasteiger partial charge in [0.05, 0.1) is 53.2 Å². The van der Waals surface area contributed by atoms with Crippen LogP contribution in [-0.4, -0.2) is 133 Å². The molecule has 14 atom stereocenters. The zero-order valence-corrected chi connectivity index (χ0v) is 40.6. The average molecular weight is 934 g/mol. The van der Waals surface area contributed by atoms with Gasteiger partial charge >= 0.3 is 18.1 Å². The molecule has 0 unspecified atom stereocenters. The Balaban J connectivity index is 1.37. The summed E-state index contributed by atoms with van der Waals surface area (Å²) < 4.78 is 83.9. The summed E-state index contributed by atoms with van der Waals surface area (Å²) in [6.07, 6.45) is -7.52. The van der Waals surface area contributed by atoms with E-state index in [4.69, 9.17) is 28.4 Å². The number of piperidine rings is 1. The van der Waals surface area contributed by atoms with Gasteiger partial charge in [-0.25, -0.2) is 4.79 Å². The molecule has 66 heavy (non-hydrogen) atoms. The molecule has 0 aromatic heterocycles. The van der Waals surface area contributed by atoms with Crippen LogP contribution < -0.4 is 10.2 Å². The van der Waals surface area contributed by atoms with Crippen molar-refractivity contribution in [3.63, 3.8) is 0 Å². The average Bonchev–Trinajstić information content (AvgIpc) is 3.34. The van der Waals surface area contributed by atoms with Gasteiger partial charge in [0.25, 0.3) is 0 Å². The number of carbonyl (C=O) groups is 2. The minimum atomic E-state index is -4.84. The minimum absolute atomic E-state index is 0.000666. The van der Waals surface area contributed by atoms with E-state index in [2.05, 4.69) is 24.1 Å². The summed E-state index contributed by atoms with van der Waals surface area (Å²) in [5.74, 6) is -4.49. The first-order valence-electron chi connectivity index (χ1n) is 23.8. The van der Waals surface area contributed by atoms with Crippen molar-refractivity contribution in [2.75, 3.05) is 38.6 Å². The Morgan fingerprint density at radius 3 is 2.30 bits per heavy atom. The number of nitrogens with one attached hydrogen (secondary N) is 1. The third-order valence-electron chi connectivity index (χ3n) is 14.6. The number of anilines is 1. The maximum absolute atomic E-state index is 14.7. The van der Waals surface area contributed by atoms with E-state index in [1.165, 1.54) is 19.1 Å². The summed E-state index contributed by atoms with van der Waals surface area (Å²) in [5.41, 5.74) is -3.61. The predicted octanol–water partition coefficient (Wildman–Crippen LogP) is 7.14. The van der Waals surface area contributed by atoms with Crippen LogP contribution in [0.2, 0.25) is 0 Å². The Morgan fingerprint density at radius 2 is 1.68 bits per heavy atom. The van der Waals surface area contributed by atoms with E-state index in [0.29, 0.717) is 18.5 Å². The lowest BCUT2D eigenvalue weighted by Crippen LogP contribution is -2.60. The van der Waals surface area contributed by atoms with Crippen molar-refractivity contribution in [1.82, 2.24) is 10.2 Å². The molecule has 6 rings (SSSR count). The molecule has 0 radical (unpaired) electrons. The molecule has 16 heteroatoms. The van der Waals surface area contributed by atoms with Gasteiger partial charge in [-0.1, -0.05) is 51.1 Å². The number of likely N-dealkylation sites (N-methyl/N-ethyl adjacent to an activating group) is 1. The van der Waals surface area contributed by atoms with Gasteiger partial charge in [-0.05, 0) is 111 Å². The van der Waals surface area contributed by atoms with Crippen molar-refractivity contribution >= 4 is 17.6 Å². The van der Waals surface area contributed by atoms with Crippen molar-refractivity contribution < 1.29 is 61.4 Å². The minimum Gasteiger partial charge on any atom is -0.459 e. The number of aliphatic hydroxyl groups is 2. The Hall–Kier alpha value is -3.35. The van der Waals surface area contributed by atoms with Crippen molar-refractivity contribution in [2.45, 2.75) is 179 Å². The third kappa shape index (κ3) is 11.4. The number of fused-ring (bicyclic) bond motifs is 3. The second kappa shape index (κ2) is 20.7. The maximum Gasteiger partial charge on any atom is 0.417 e. The molecule has 370 valence electrons. The van der Waals surface area contributed by atoms with Gasteiger partial charge in [0.15, 0.2) is 5.79 Å². The first kappa shape index (κ1) is 52.0. The summed E-state index contributed by atoms with van der Waals surface area (Å²) in [5, 5.41) is 26.6. The van der Waals surface area contributed by atoms with E-state index in [0.717, 1.165) is 12.5 Å². The number of cyclic esters (lactones) is 1. The van der Waals surface area contributed by atoms with Crippen molar-refractivity contribution in [2.24, 2.45) is 17.8 Å². The number of nitrogens with zero attached hydrogens (tertiary/aromatic N) is 2. The molecule has 0 saturated carbocycles. The molecule has 4 heterocycles. The third-order valence-corrected chi connectivity index (χ3v) is 14.6. The highest BCUT2D eigenvalue weighted by Gasteiger charge is 2.58. The molecule has 2 aromatic rings. The van der Waals surface area contributed by atoms with Crippen molar-refractivity contribution in [1.29, 1.82) is 0 Å². The largest absolute Gasteiger partial charge is 0.459 e. The number of benzene rings is 2. The number of aliphatic hydroxyl groups excluding tert-OH is 1. The Bertz CT molecular complexity index is 1950. The number of halogens is 3. The van der Waals surface area contributed by atoms with Crippen LogP contribution in [0.5, 0.6) is 0 Å². The second-order valence-electron chi connectivity index (χ2n) is 20.3. The molecule has 0 amide bonds. The Labute approximate surface area is 388 Å². The summed E-state index contributed by atoms with van der Waals surface area (Å²) >= 11 is 0. The summed E-state index contributed by atoms with van der Waals surface area (Å²) in [6.45, 7) is 17.7. The molecule has 4 saturated heterocycles. The predicted molar refractivity (Wildman–Crippen MR) is 243 cm³/mol. The molecule has 4 aliphatic rings. The molecular formula is C50H74F3N3O10. The zero-order valence-electron chi connectivity index (χ0n) is 40.6. The smallest absolute Gasteiger partial charge is 0.417 e. The lowest BCUT2D eigenvalue weighted by molar-refractivity contribution is -0.313. The van der Waals surface area contributed by atoms with E-state index in [1.807, 2.05) is 39.8 Å². The van der Waals surface area contributed by atoms with E-state index >= 15 is 0 Å². The first-order chi connectivity index (χ1) is 30.9. The van der Waals surface area contributed by atoms with E-state index in [-0.39, 0.29) is 68.8 Å². The van der Waals surface area contributed by atoms with Crippen molar-refractivity contribution in [3.05, 3.63) is 65.2 Å². The summed E-state index contributed by atoms with van der Waals surface area (Å²) in [4.78, 5) is 31.5. The number of alkyl halides is 3. The molecule has 2 bridgehead atoms. The zero-order chi connectivity index (χ0) is 48.5. The van der Waals surface area contributed by atoms with Crippen molar-refractivity contribution in [3.8, 4) is 0 Å². The molecule has 4 aliphatic heterocycles. The lowest BCUT2D eigenvalue weighted by atomic mass is 9.77. The second-order valence-corrected chi connectivity index (χ2v) is 20.3. The van der Waals surface area contributed by atoms with Gasteiger partial charge in [-0.15, -0.1) is 0 Å². The van der Waals surface area contributed by atoms with Crippen LogP contribution >= 0.6 is 0 Å². The highest BCUT2D eigenvalue weighted by Crippen LogP contribution is 2.48. The van der Waals surface area contributed by atoms with E-state index < -0.39 is 94.6 Å². The molecule has 3 N–H and O–H groups in total. The normalized spacial score (nSPS) is 37.2. The molecule has 4 fully saturated rings. The van der Waals surface area contributed by atoms with Crippen LogP contribution in [0.15, 0.2) is 48.5 Å². The van der Waals surface area contributed by atoms with Gasteiger partial charge in [0, 0.05) is 49.6 Å². The molecule has 1 spiro atoms. The van der Waals surface area contributed by atoms with Crippen LogP contribution in [0.25, 0.3) is 0 Å². The highest BCUT2D eigenvalue weighted by atomic mass is 19.4. The monoisotopic (exact) mass is 934 g/mol. The standard InChI is InChI=1S/C50H74F3N3O10/c1-12-40-48(9,60)43(57)33(6)54-27-29(2)26-47(8)44(64-42-34(7)62-30(3)24-39(42)55(10)11)31(4)41(32(5)45(58)63-40)65-49(66-47)20-22-56(23-21-49)36-18-19-37(38(25-36)50(51,52)53)46(59)61-28-35-16-14-13-15-17-35/h13-19,25,29-34,39-44,54,57,60H,12,20-24,26-28H2,1-11H3/t29-,30-,31+,32-,33-,34+,39+,40-,41+,42+,43-,44-,47-,48-/m1/s1. The first-order valence-corrected chi connectivity index (χ1v) is 23.8. The number of hydrogen-bond donors (Lipinski definition) is 3. The lowest BCUT2D eigenvalue weighted by Gasteiger charge is -2.50. The number of esters is 2. The number of hydrogen-bond acceptors (Lipinski definition) is 13. The van der Waals surface area contributed by atoms with Gasteiger partial charge < -0.3 is 53.8 Å². The van der Waals surface area contributed by atoms with Crippen LogP contribution in [0.1, 0.15) is 116 Å². The maximum atomic E-state index is 14.7. The number of rotatable bonds is 8. The highest BCUT2D eigenvalue weighted by molar-refractivity contribution is 5.92. The van der Waals surface area contributed by atoms with Crippen LogP contribution in [0.3, 0.4) is 0 Å². The van der Waals surface area contributed by atoms with Gasteiger partial charge in [0.2, 0.25) is 0 Å². The van der Waals surface area contributed by atoms with Gasteiger partial charge in [0.1, 0.15) is 24.4 Å². The molecule has 2 aromatic carbocycles. The fourth-order valence-electron chi connectivity index (χ4n) is 11.0. The topological polar surface area (TPSA) is 148 Å². The Morgan fingerprint density at radius 1 is 1.02 bits per heavy atom. The van der Waals surface area contributed by atoms with Gasteiger partial charge in [-0.2, -0.15) is 13.2 Å². The van der Waals surface area contributed by atoms with Crippen LogP contribution in [0.4, 0.5) is 18.9 Å². The quantitative estimate of drug-likeness (QED) is 0.231. The Kier molecular flexibility index (Phi) is 16.3. The summed E-state index contributed by atoms with van der Waals surface area (Å²) in [6, 6.07) is 11.8. The fourth-order valence-corrected chi connectivity index (χ4v) is 11.0. The fraction of sp³-hybridized carbons (Fsp3) is 0.720. The van der Waals surface area contributed by atoms with Crippen LogP contribution in [-0.2, 0) is 46.0 Å². The number of carbonyl (C=O) groups excluding carboxylic acids is 2.